The molecule has 2 unspecified atom stereocenters. The fraction of sp³-hybridized carbons (Fsp3) is 0.176. The minimum Gasteiger partial charge on any atom is -0.0688 e. The summed E-state index contributed by atoms with van der Waals surface area (Å²) in [7, 11) is -2.36. The number of hydrogen-bond donors (Lipinski definition) is 0. The van der Waals surface area contributed by atoms with Gasteiger partial charge in [0.2, 0.25) is 0 Å². The molecule has 0 nitrogen and oxygen atoms in total. The Morgan fingerprint density at radius 1 is 0.457 bits per heavy atom. The Kier molecular flexibility index (Phi) is 4.91. The molecule has 6 rings (SSSR count). The first-order valence-electron chi connectivity index (χ1n) is 12.6. The molecule has 0 fully saturated rings. The number of fused-ring (bicyclic) bond motifs is 2. The van der Waals surface area contributed by atoms with Crippen LogP contribution in [0.4, 0.5) is 0 Å². The van der Waals surface area contributed by atoms with Crippen molar-refractivity contribution >= 4 is 19.2 Å². The van der Waals surface area contributed by atoms with Crippen molar-refractivity contribution in [1.29, 1.82) is 0 Å². The molecule has 0 heterocycles. The summed E-state index contributed by atoms with van der Waals surface area (Å²) in [5, 5.41) is -0.335. The van der Waals surface area contributed by atoms with Crippen molar-refractivity contribution in [3.05, 3.63) is 155 Å². The third-order valence-electron chi connectivity index (χ3n) is 8.85. The standard InChI is InChI=1S/C34H32Si/c1-25-23-33(27-15-7-5-8-16-27,31-21-13-11-19-29(25)31)35(3,4)34(28-17-9-6-10-18-28)24-26(2)30-20-12-14-22-32(30)34/h5-24H,1-4H3. The van der Waals surface area contributed by atoms with Crippen LogP contribution in [0.25, 0.3) is 11.1 Å². The average molecular weight is 469 g/mol. The van der Waals surface area contributed by atoms with Crippen LogP contribution in [0.1, 0.15) is 47.2 Å². The van der Waals surface area contributed by atoms with Crippen molar-refractivity contribution in [2.24, 2.45) is 0 Å². The molecule has 0 saturated carbocycles. The molecule has 1 heteroatoms. The molecule has 0 saturated heterocycles. The van der Waals surface area contributed by atoms with E-state index in [2.05, 4.69) is 148 Å². The summed E-state index contributed by atoms with van der Waals surface area (Å²) in [6.07, 6.45) is 5.24. The van der Waals surface area contributed by atoms with Gasteiger partial charge in [0.05, 0.1) is 8.07 Å². The highest BCUT2D eigenvalue weighted by Crippen LogP contribution is 2.60. The molecule has 2 atom stereocenters. The van der Waals surface area contributed by atoms with Crippen molar-refractivity contribution in [1.82, 2.24) is 0 Å². The van der Waals surface area contributed by atoms with Gasteiger partial charge >= 0.3 is 0 Å². The van der Waals surface area contributed by atoms with Gasteiger partial charge in [-0.15, -0.1) is 0 Å². The Morgan fingerprint density at radius 2 is 0.800 bits per heavy atom. The zero-order valence-electron chi connectivity index (χ0n) is 21.0. The van der Waals surface area contributed by atoms with Gasteiger partial charge in [-0.2, -0.15) is 0 Å². The first-order chi connectivity index (χ1) is 16.9. The van der Waals surface area contributed by atoms with E-state index in [0.717, 1.165) is 0 Å². The van der Waals surface area contributed by atoms with Crippen LogP contribution in [0, 0.1) is 0 Å². The number of hydrogen-bond acceptors (Lipinski definition) is 0. The van der Waals surface area contributed by atoms with Crippen LogP contribution in [0.2, 0.25) is 13.1 Å². The lowest BCUT2D eigenvalue weighted by molar-refractivity contribution is 0.773. The molecule has 0 aliphatic heterocycles. The number of allylic oxidation sites excluding steroid dienone is 4. The maximum atomic E-state index is 2.63. The second kappa shape index (κ2) is 7.80. The van der Waals surface area contributed by atoms with Crippen LogP contribution in [0.5, 0.6) is 0 Å². The number of benzene rings is 4. The molecule has 0 spiro atoms. The van der Waals surface area contributed by atoms with Crippen molar-refractivity contribution in [3.63, 3.8) is 0 Å². The Hall–Kier alpha value is -3.42. The van der Waals surface area contributed by atoms with E-state index < -0.39 is 8.07 Å². The lowest BCUT2D eigenvalue weighted by Crippen LogP contribution is -2.64. The van der Waals surface area contributed by atoms with Crippen LogP contribution in [0.15, 0.2) is 121 Å². The lowest BCUT2D eigenvalue weighted by atomic mass is 9.90. The maximum absolute atomic E-state index is 2.63. The van der Waals surface area contributed by atoms with E-state index in [1.54, 1.807) is 0 Å². The maximum Gasteiger partial charge on any atom is 0.0901 e. The van der Waals surface area contributed by atoms with Crippen molar-refractivity contribution < 1.29 is 0 Å². The van der Waals surface area contributed by atoms with Gasteiger partial charge in [0.25, 0.3) is 0 Å². The molecular weight excluding hydrogens is 436 g/mol. The smallest absolute Gasteiger partial charge is 0.0688 e. The Balaban J connectivity index is 1.77. The predicted molar refractivity (Wildman–Crippen MR) is 152 cm³/mol. The van der Waals surface area contributed by atoms with Crippen LogP contribution < -0.4 is 0 Å². The van der Waals surface area contributed by atoms with Gasteiger partial charge in [0.15, 0.2) is 0 Å². The monoisotopic (exact) mass is 468 g/mol. The molecule has 0 N–H and O–H groups in total. The summed E-state index contributed by atoms with van der Waals surface area (Å²) >= 11 is 0. The van der Waals surface area contributed by atoms with Crippen molar-refractivity contribution in [2.45, 2.75) is 37.0 Å². The molecule has 2 aliphatic carbocycles. The normalized spacial score (nSPS) is 22.9. The Bertz CT molecular complexity index is 1360. The predicted octanol–water partition coefficient (Wildman–Crippen LogP) is 8.58. The second-order valence-corrected chi connectivity index (χ2v) is 15.5. The molecule has 2 aliphatic rings. The fourth-order valence-corrected chi connectivity index (χ4v) is 12.6. The van der Waals surface area contributed by atoms with Crippen LogP contribution in [-0.2, 0) is 10.1 Å². The molecule has 0 amide bonds. The molecule has 172 valence electrons. The highest BCUT2D eigenvalue weighted by atomic mass is 28.3. The van der Waals surface area contributed by atoms with E-state index in [0.29, 0.717) is 0 Å². The molecule has 0 radical (unpaired) electrons. The van der Waals surface area contributed by atoms with Crippen molar-refractivity contribution in [2.75, 3.05) is 0 Å². The van der Waals surface area contributed by atoms with Gasteiger partial charge in [-0.05, 0) is 58.4 Å². The van der Waals surface area contributed by atoms with Crippen LogP contribution >= 0.6 is 0 Å². The summed E-state index contributed by atoms with van der Waals surface area (Å²) in [5.41, 5.74) is 11.3. The molecule has 0 bridgehead atoms. The highest BCUT2D eigenvalue weighted by molar-refractivity contribution is 6.86. The lowest BCUT2D eigenvalue weighted by Gasteiger charge is -2.54. The average Bonchev–Trinajstić information content (AvgIpc) is 3.39. The van der Waals surface area contributed by atoms with E-state index in [4.69, 9.17) is 0 Å². The third kappa shape index (κ3) is 2.79. The molecule has 4 aromatic carbocycles. The fourth-order valence-electron chi connectivity index (χ4n) is 7.25. The molecule has 4 aromatic rings. The SMILES string of the molecule is CC1=CC(c2ccccc2)([Si](C)(C)C2(c3ccccc3)C=C(C)c3ccccc32)c2ccccc21. The van der Waals surface area contributed by atoms with Gasteiger partial charge in [0.1, 0.15) is 0 Å². The molecule has 35 heavy (non-hydrogen) atoms. The summed E-state index contributed by atoms with van der Waals surface area (Å²) in [5.74, 6) is 0. The van der Waals surface area contributed by atoms with E-state index in [1.165, 1.54) is 44.5 Å². The van der Waals surface area contributed by atoms with Crippen LogP contribution in [-0.4, -0.2) is 8.07 Å². The molecule has 0 aromatic heterocycles. The second-order valence-electron chi connectivity index (χ2n) is 10.7. The van der Waals surface area contributed by atoms with E-state index in [1.807, 2.05) is 0 Å². The summed E-state index contributed by atoms with van der Waals surface area (Å²) in [6.45, 7) is 9.86. The molecular formula is C34H32Si. The minimum atomic E-state index is -2.36. The summed E-state index contributed by atoms with van der Waals surface area (Å²) in [4.78, 5) is 0. The Morgan fingerprint density at radius 3 is 1.20 bits per heavy atom. The summed E-state index contributed by atoms with van der Waals surface area (Å²) in [6, 6.07) is 40.8. The third-order valence-corrected chi connectivity index (χ3v) is 14.2. The quantitative estimate of drug-likeness (QED) is 0.263. The Labute approximate surface area is 210 Å². The van der Waals surface area contributed by atoms with E-state index in [9.17, 15) is 0 Å². The van der Waals surface area contributed by atoms with Gasteiger partial charge in [-0.3, -0.25) is 0 Å². The van der Waals surface area contributed by atoms with Crippen LogP contribution in [0.3, 0.4) is 0 Å². The zero-order valence-corrected chi connectivity index (χ0v) is 22.0. The van der Waals surface area contributed by atoms with Gasteiger partial charge < -0.3 is 0 Å². The van der Waals surface area contributed by atoms with E-state index in [-0.39, 0.29) is 10.1 Å². The highest BCUT2D eigenvalue weighted by Gasteiger charge is 2.63. The number of rotatable bonds is 4. The zero-order chi connectivity index (χ0) is 24.3. The largest absolute Gasteiger partial charge is 0.0901 e. The van der Waals surface area contributed by atoms with Gasteiger partial charge in [0, 0.05) is 10.1 Å². The summed E-state index contributed by atoms with van der Waals surface area (Å²) < 4.78 is 0. The van der Waals surface area contributed by atoms with Crippen molar-refractivity contribution in [3.8, 4) is 0 Å². The van der Waals surface area contributed by atoms with Gasteiger partial charge in [-0.25, -0.2) is 0 Å². The first kappa shape index (κ1) is 22.1. The van der Waals surface area contributed by atoms with E-state index >= 15 is 0 Å². The minimum absolute atomic E-state index is 0.168. The van der Waals surface area contributed by atoms with Gasteiger partial charge in [-0.1, -0.05) is 134 Å². The topological polar surface area (TPSA) is 0 Å². The first-order valence-corrected chi connectivity index (χ1v) is 15.6.